The normalized spacial score (nSPS) is 17.0. The third-order valence-corrected chi connectivity index (χ3v) is 4.04. The van der Waals surface area contributed by atoms with Gasteiger partial charge in [-0.2, -0.15) is 0 Å². The Kier molecular flexibility index (Phi) is 4.96. The summed E-state index contributed by atoms with van der Waals surface area (Å²) in [6.45, 7) is 1.47. The maximum Gasteiger partial charge on any atom is 0.319 e. The van der Waals surface area contributed by atoms with Crippen LogP contribution in [0.1, 0.15) is 49.4 Å². The lowest BCUT2D eigenvalue weighted by Crippen LogP contribution is -2.53. The molecule has 2 amide bonds. The molecule has 0 atom stereocenters. The summed E-state index contributed by atoms with van der Waals surface area (Å²) in [5, 5.41) is 15.2. The van der Waals surface area contributed by atoms with Gasteiger partial charge >= 0.3 is 6.03 Å². The number of carbonyl (C=O) groups excluding carboxylic acids is 2. The Hall–Kier alpha value is -1.88. The number of nitrogens with one attached hydrogen (secondary N) is 2. The second-order valence-corrected chi connectivity index (χ2v) is 5.71. The third kappa shape index (κ3) is 4.04. The van der Waals surface area contributed by atoms with Gasteiger partial charge < -0.3 is 15.7 Å². The van der Waals surface area contributed by atoms with E-state index >= 15 is 0 Å². The van der Waals surface area contributed by atoms with Crippen LogP contribution >= 0.6 is 0 Å². The summed E-state index contributed by atoms with van der Waals surface area (Å²) in [5.41, 5.74) is 0.739. The van der Waals surface area contributed by atoms with Crippen molar-refractivity contribution in [3.8, 4) is 0 Å². The van der Waals surface area contributed by atoms with Crippen molar-refractivity contribution in [3.63, 3.8) is 0 Å². The van der Waals surface area contributed by atoms with Gasteiger partial charge in [0.1, 0.15) is 0 Å². The van der Waals surface area contributed by atoms with Crippen molar-refractivity contribution in [1.82, 2.24) is 5.32 Å². The summed E-state index contributed by atoms with van der Waals surface area (Å²) in [5.74, 6) is -0.00700. The first-order chi connectivity index (χ1) is 10.0. The molecule has 0 aliphatic heterocycles. The molecular formula is C16H22N2O3. The average molecular weight is 290 g/mol. The van der Waals surface area contributed by atoms with Gasteiger partial charge in [0.25, 0.3) is 0 Å². The van der Waals surface area contributed by atoms with E-state index in [0.29, 0.717) is 11.3 Å². The van der Waals surface area contributed by atoms with E-state index in [1.165, 1.54) is 6.92 Å². The van der Waals surface area contributed by atoms with E-state index < -0.39 is 5.54 Å². The molecule has 1 aromatic carbocycles. The largest absolute Gasteiger partial charge is 0.394 e. The first-order valence-corrected chi connectivity index (χ1v) is 7.36. The zero-order chi connectivity index (χ0) is 15.3. The Labute approximate surface area is 124 Å². The molecule has 21 heavy (non-hydrogen) atoms. The number of anilines is 1. The quantitative estimate of drug-likeness (QED) is 0.746. The number of aliphatic hydroxyl groups is 1. The molecule has 0 aromatic heterocycles. The zero-order valence-corrected chi connectivity index (χ0v) is 12.3. The lowest BCUT2D eigenvalue weighted by Gasteiger charge is -2.36. The number of hydrogen-bond acceptors (Lipinski definition) is 3. The van der Waals surface area contributed by atoms with Gasteiger partial charge in [0.2, 0.25) is 0 Å². The second kappa shape index (κ2) is 6.72. The molecular weight excluding hydrogens is 268 g/mol. The summed E-state index contributed by atoms with van der Waals surface area (Å²) < 4.78 is 0. The molecule has 0 spiro atoms. The van der Waals surface area contributed by atoms with Gasteiger partial charge in [-0.25, -0.2) is 4.79 Å². The number of rotatable bonds is 4. The topological polar surface area (TPSA) is 78.4 Å². The molecule has 0 radical (unpaired) electrons. The first-order valence-electron chi connectivity index (χ1n) is 7.36. The number of benzene rings is 1. The highest BCUT2D eigenvalue weighted by atomic mass is 16.3. The van der Waals surface area contributed by atoms with E-state index in [1.54, 1.807) is 24.3 Å². The van der Waals surface area contributed by atoms with Crippen LogP contribution in [0.2, 0.25) is 0 Å². The number of aliphatic hydroxyl groups excluding tert-OH is 1. The number of ketones is 1. The molecule has 3 N–H and O–H groups in total. The lowest BCUT2D eigenvalue weighted by molar-refractivity contribution is 0.101. The lowest BCUT2D eigenvalue weighted by atomic mass is 9.82. The van der Waals surface area contributed by atoms with Gasteiger partial charge in [0.15, 0.2) is 5.78 Å². The standard InChI is InChI=1S/C16H22N2O3/c1-12(20)13-5-7-14(8-6-13)17-15(21)18-16(11-19)9-3-2-4-10-16/h5-8,19H,2-4,9-11H2,1H3,(H2,17,18,21). The van der Waals surface area contributed by atoms with Crippen LogP contribution in [0.3, 0.4) is 0 Å². The van der Waals surface area contributed by atoms with Crippen LogP contribution in [0.4, 0.5) is 10.5 Å². The predicted octanol–water partition coefficient (Wildman–Crippen LogP) is 2.71. The monoisotopic (exact) mass is 290 g/mol. The van der Waals surface area contributed by atoms with Crippen LogP contribution in [0.25, 0.3) is 0 Å². The molecule has 0 bridgehead atoms. The van der Waals surface area contributed by atoms with Crippen molar-refractivity contribution >= 4 is 17.5 Å². The summed E-state index contributed by atoms with van der Waals surface area (Å²) in [6, 6.07) is 6.44. The summed E-state index contributed by atoms with van der Waals surface area (Å²) in [7, 11) is 0. The van der Waals surface area contributed by atoms with Crippen LogP contribution in [-0.4, -0.2) is 29.1 Å². The van der Waals surface area contributed by atoms with E-state index in [1.807, 2.05) is 0 Å². The minimum atomic E-state index is -0.498. The van der Waals surface area contributed by atoms with Gasteiger partial charge in [-0.3, -0.25) is 4.79 Å². The number of Topliss-reactive ketones (excluding diaryl/α,β-unsaturated/α-hetero) is 1. The second-order valence-electron chi connectivity index (χ2n) is 5.71. The third-order valence-electron chi connectivity index (χ3n) is 4.04. The van der Waals surface area contributed by atoms with Crippen LogP contribution in [0.15, 0.2) is 24.3 Å². The molecule has 114 valence electrons. The Bertz CT molecular complexity index is 505. The maximum atomic E-state index is 12.1. The Balaban J connectivity index is 1.95. The fourth-order valence-corrected chi connectivity index (χ4v) is 2.74. The van der Waals surface area contributed by atoms with E-state index in [9.17, 15) is 14.7 Å². The molecule has 1 saturated carbocycles. The van der Waals surface area contributed by atoms with Gasteiger partial charge in [-0.05, 0) is 44.0 Å². The van der Waals surface area contributed by atoms with Gasteiger partial charge in [0.05, 0.1) is 12.1 Å². The predicted molar refractivity (Wildman–Crippen MR) is 81.5 cm³/mol. The fourth-order valence-electron chi connectivity index (χ4n) is 2.74. The highest BCUT2D eigenvalue weighted by Crippen LogP contribution is 2.27. The Morgan fingerprint density at radius 3 is 2.29 bits per heavy atom. The fraction of sp³-hybridized carbons (Fsp3) is 0.500. The average Bonchev–Trinajstić information content (AvgIpc) is 2.48. The molecule has 5 nitrogen and oxygen atoms in total. The van der Waals surface area contributed by atoms with E-state index in [4.69, 9.17) is 0 Å². The Morgan fingerprint density at radius 2 is 1.76 bits per heavy atom. The summed E-state index contributed by atoms with van der Waals surface area (Å²) in [6.07, 6.45) is 4.81. The molecule has 2 rings (SSSR count). The maximum absolute atomic E-state index is 12.1. The van der Waals surface area contributed by atoms with Gasteiger partial charge in [0, 0.05) is 11.3 Å². The molecule has 0 heterocycles. The number of hydrogen-bond donors (Lipinski definition) is 3. The SMILES string of the molecule is CC(=O)c1ccc(NC(=O)NC2(CO)CCCCC2)cc1. The molecule has 0 unspecified atom stereocenters. The van der Waals surface area contributed by atoms with Crippen molar-refractivity contribution in [3.05, 3.63) is 29.8 Å². The number of urea groups is 1. The molecule has 5 heteroatoms. The van der Waals surface area contributed by atoms with Crippen LogP contribution in [0, 0.1) is 0 Å². The molecule has 1 aliphatic carbocycles. The summed E-state index contributed by atoms with van der Waals surface area (Å²) in [4.78, 5) is 23.3. The van der Waals surface area contributed by atoms with Crippen molar-refractivity contribution in [1.29, 1.82) is 0 Å². The molecule has 1 aliphatic rings. The molecule has 1 aromatic rings. The molecule has 1 fully saturated rings. The van der Waals surface area contributed by atoms with Crippen molar-refractivity contribution in [2.45, 2.75) is 44.6 Å². The molecule has 0 saturated heterocycles. The van der Waals surface area contributed by atoms with Gasteiger partial charge in [-0.1, -0.05) is 19.3 Å². The highest BCUT2D eigenvalue weighted by Gasteiger charge is 2.32. The van der Waals surface area contributed by atoms with E-state index in [-0.39, 0.29) is 18.4 Å². The van der Waals surface area contributed by atoms with Crippen molar-refractivity contribution < 1.29 is 14.7 Å². The minimum Gasteiger partial charge on any atom is -0.394 e. The van der Waals surface area contributed by atoms with Crippen LogP contribution in [-0.2, 0) is 0 Å². The van der Waals surface area contributed by atoms with Crippen molar-refractivity contribution in [2.75, 3.05) is 11.9 Å². The van der Waals surface area contributed by atoms with Gasteiger partial charge in [-0.15, -0.1) is 0 Å². The Morgan fingerprint density at radius 1 is 1.14 bits per heavy atom. The van der Waals surface area contributed by atoms with Crippen LogP contribution in [0.5, 0.6) is 0 Å². The van der Waals surface area contributed by atoms with E-state index in [0.717, 1.165) is 32.1 Å². The first kappa shape index (κ1) is 15.5. The zero-order valence-electron chi connectivity index (χ0n) is 12.3. The van der Waals surface area contributed by atoms with Crippen LogP contribution < -0.4 is 10.6 Å². The minimum absolute atomic E-state index is 0.00700. The number of carbonyl (C=O) groups is 2. The van der Waals surface area contributed by atoms with E-state index in [2.05, 4.69) is 10.6 Å². The highest BCUT2D eigenvalue weighted by molar-refractivity contribution is 5.95. The number of amides is 2. The smallest absolute Gasteiger partial charge is 0.319 e. The van der Waals surface area contributed by atoms with Crippen molar-refractivity contribution in [2.24, 2.45) is 0 Å². The summed E-state index contributed by atoms with van der Waals surface area (Å²) >= 11 is 0.